The van der Waals surface area contributed by atoms with Gasteiger partial charge in [0.2, 0.25) is 0 Å². The van der Waals surface area contributed by atoms with Crippen LogP contribution in [0.25, 0.3) is 0 Å². The van der Waals surface area contributed by atoms with E-state index in [4.69, 9.17) is 143 Å². The molecule has 160 valence electrons. The molecule has 0 aliphatic carbocycles. The minimum absolute atomic E-state index is 0.00328. The molecule has 2 aliphatic heterocycles. The standard InChI is InChI=1S/C19H10B17NO3/c1-39-8-4-6-2-3-37-10(7(6)5-9(8)40-19(34,35)36)12(20,21)11(38)13(22,18(37,32)33)15(24,25)14(23,16(26,27)28)17(29,30)31/h4-5,10H,2-3H2,1H3. The third-order valence-electron chi connectivity index (χ3n) is 7.92. The van der Waals surface area contributed by atoms with Crippen molar-refractivity contribution in [3.63, 3.8) is 0 Å². The van der Waals surface area contributed by atoms with Gasteiger partial charge < -0.3 is 19.2 Å². The first-order valence-electron chi connectivity index (χ1n) is 11.8. The molecule has 0 saturated carbocycles. The van der Waals surface area contributed by atoms with Gasteiger partial charge in [-0.1, -0.05) is 5.21 Å². The van der Waals surface area contributed by atoms with E-state index < -0.39 is 53.7 Å². The van der Waals surface area contributed by atoms with Gasteiger partial charge in [0.25, 0.3) is 0 Å². The molecule has 34 radical (unpaired) electrons. The number of ether oxygens (including phenoxy) is 2. The van der Waals surface area contributed by atoms with Crippen molar-refractivity contribution in [2.45, 2.75) is 54.4 Å². The summed E-state index contributed by atoms with van der Waals surface area (Å²) in [5.41, 5.74) is 0.924. The minimum Gasteiger partial charge on any atom is -0.512 e. The van der Waals surface area contributed by atoms with E-state index in [1.807, 2.05) is 0 Å². The van der Waals surface area contributed by atoms with Gasteiger partial charge in [0, 0.05) is 12.6 Å². The fraction of sp³-hybridized carbons (Fsp3) is 0.632. The number of fused-ring (bicyclic) bond motifs is 3. The number of rotatable bonds is 7. The number of carbonyl (C=O) groups excluding carboxylic acids is 1. The second-order valence-electron chi connectivity index (χ2n) is 10.9. The number of carbonyl (C=O) groups is 1. The van der Waals surface area contributed by atoms with E-state index in [0.717, 1.165) is 0 Å². The van der Waals surface area contributed by atoms with E-state index in [1.54, 1.807) is 6.07 Å². The number of ketones is 1. The van der Waals surface area contributed by atoms with Crippen LogP contribution in [-0.4, -0.2) is 168 Å². The summed E-state index contributed by atoms with van der Waals surface area (Å²) < 4.78 is 10.8. The highest BCUT2D eigenvalue weighted by Crippen LogP contribution is 2.78. The monoisotopic (exact) mass is 487 g/mol. The van der Waals surface area contributed by atoms with E-state index in [2.05, 4.69) is 0 Å². The van der Waals surface area contributed by atoms with Crippen LogP contribution < -0.4 is 9.47 Å². The molecule has 1 aromatic carbocycles. The lowest BCUT2D eigenvalue weighted by Crippen LogP contribution is -2.75. The fourth-order valence-electron chi connectivity index (χ4n) is 5.77. The average Bonchev–Trinajstić information content (AvgIpc) is 2.77. The van der Waals surface area contributed by atoms with Gasteiger partial charge in [0.05, 0.1) is 117 Å². The maximum absolute atomic E-state index is 14.3. The van der Waals surface area contributed by atoms with Gasteiger partial charge in [-0.25, -0.2) is 0 Å². The largest absolute Gasteiger partial charge is 0.512 e. The van der Waals surface area contributed by atoms with Gasteiger partial charge in [-0.2, -0.15) is 0 Å². The van der Waals surface area contributed by atoms with E-state index in [-0.39, 0.29) is 24.5 Å². The maximum Gasteiger partial charge on any atom is 0.160 e. The quantitative estimate of drug-likeness (QED) is 0.366. The molecule has 0 amide bonds. The van der Waals surface area contributed by atoms with Crippen LogP contribution in [0.1, 0.15) is 17.2 Å². The highest BCUT2D eigenvalue weighted by molar-refractivity contribution is 6.74. The van der Waals surface area contributed by atoms with Crippen molar-refractivity contribution >= 4 is 139 Å². The summed E-state index contributed by atoms with van der Waals surface area (Å²) in [5, 5.41) is -21.2. The molecule has 0 spiro atoms. The molecule has 0 N–H and O–H groups in total. The van der Waals surface area contributed by atoms with Crippen LogP contribution >= 0.6 is 0 Å². The van der Waals surface area contributed by atoms with Crippen molar-refractivity contribution < 1.29 is 14.3 Å². The molecule has 21 heteroatoms. The second kappa shape index (κ2) is 9.78. The highest BCUT2D eigenvalue weighted by atomic mass is 16.5. The number of Topliss-reactive ketones (excluding diaryl/α,β-unsaturated/α-hetero) is 1. The second-order valence-corrected chi connectivity index (χ2v) is 10.9. The van der Waals surface area contributed by atoms with Crippen molar-refractivity contribution in [2.75, 3.05) is 13.7 Å². The number of methoxy groups -OCH3 is 1. The van der Waals surface area contributed by atoms with E-state index in [9.17, 15) is 4.79 Å². The molecule has 2 heterocycles. The first-order valence-corrected chi connectivity index (χ1v) is 11.8. The number of piperidine rings is 1. The Morgan fingerprint density at radius 1 is 0.825 bits per heavy atom. The molecule has 0 bridgehead atoms. The first-order chi connectivity index (χ1) is 17.6. The van der Waals surface area contributed by atoms with Crippen LogP contribution in [-0.2, 0) is 11.2 Å². The lowest BCUT2D eigenvalue weighted by molar-refractivity contribution is -0.133. The molecule has 1 fully saturated rings. The summed E-state index contributed by atoms with van der Waals surface area (Å²) in [7, 11) is 106. The van der Waals surface area contributed by atoms with Crippen molar-refractivity contribution in [3.8, 4) is 11.5 Å². The molecule has 4 nitrogen and oxygen atoms in total. The molecule has 40 heavy (non-hydrogen) atoms. The summed E-state index contributed by atoms with van der Waals surface area (Å²) in [4.78, 5) is 15.6. The van der Waals surface area contributed by atoms with Gasteiger partial charge in [0.1, 0.15) is 29.3 Å². The topological polar surface area (TPSA) is 38.8 Å². The van der Waals surface area contributed by atoms with Gasteiger partial charge in [-0.05, 0) is 50.8 Å². The number of hydrogen-bond acceptors (Lipinski definition) is 4. The highest BCUT2D eigenvalue weighted by Gasteiger charge is 2.70. The molecule has 3 rings (SSSR count). The smallest absolute Gasteiger partial charge is 0.160 e. The Morgan fingerprint density at radius 2 is 1.32 bits per heavy atom. The predicted molar refractivity (Wildman–Crippen MR) is 171 cm³/mol. The third-order valence-corrected chi connectivity index (χ3v) is 7.92. The van der Waals surface area contributed by atoms with Gasteiger partial charge in [-0.15, -0.1) is 15.5 Å². The van der Waals surface area contributed by atoms with Crippen molar-refractivity contribution in [2.24, 2.45) is 0 Å². The predicted octanol–water partition coefficient (Wildman–Crippen LogP) is -4.62. The SMILES string of the molecule is [B]C([B])([B])Oc1cc2c(cc1OC)CCN1C2C([B])([B])C(=O)C([B])(C([B])([B])C([B])(C([B])([B])[B])C([B])([B])[B])C1([B])[B]. The molecule has 0 aromatic heterocycles. The molecule has 2 atom stereocenters. The van der Waals surface area contributed by atoms with E-state index in [1.165, 1.54) is 18.1 Å². The van der Waals surface area contributed by atoms with Crippen LogP contribution in [0.2, 0.25) is 31.3 Å². The Hall–Kier alpha value is -0.446. The molecular formula is C19H10B17NO3. The Morgan fingerprint density at radius 3 is 1.75 bits per heavy atom. The number of nitrogens with zero attached hydrogens (tertiary/aromatic N) is 1. The van der Waals surface area contributed by atoms with Crippen molar-refractivity contribution in [3.05, 3.63) is 23.3 Å². The number of hydrogen-bond donors (Lipinski definition) is 0. The van der Waals surface area contributed by atoms with Crippen LogP contribution in [0.3, 0.4) is 0 Å². The van der Waals surface area contributed by atoms with Gasteiger partial charge >= 0.3 is 0 Å². The van der Waals surface area contributed by atoms with Crippen LogP contribution in [0.5, 0.6) is 11.5 Å². The Kier molecular flexibility index (Phi) is 8.33. The summed E-state index contributed by atoms with van der Waals surface area (Å²) >= 11 is 0. The molecular weight excluding hydrogens is 474 g/mol. The van der Waals surface area contributed by atoms with E-state index in [0.29, 0.717) is 11.1 Å². The lowest BCUT2D eigenvalue weighted by atomic mass is 9.03. The zero-order chi connectivity index (χ0) is 31.3. The zero-order valence-electron chi connectivity index (χ0n) is 22.1. The van der Waals surface area contributed by atoms with E-state index >= 15 is 0 Å². The van der Waals surface area contributed by atoms with Gasteiger partial charge in [-0.3, -0.25) is 0 Å². The average molecular weight is 484 g/mol. The Labute approximate surface area is 260 Å². The summed E-state index contributed by atoms with van der Waals surface area (Å²) in [6.07, 6.45) is 0.233. The summed E-state index contributed by atoms with van der Waals surface area (Å²) in [6, 6.07) is 1.71. The Balaban J connectivity index is 2.32. The third kappa shape index (κ3) is 4.59. The normalized spacial score (nSPS) is 25.3. The van der Waals surface area contributed by atoms with Crippen LogP contribution in [0.4, 0.5) is 0 Å². The molecule has 1 aromatic rings. The zero-order valence-corrected chi connectivity index (χ0v) is 22.1. The molecule has 1 saturated heterocycles. The fourth-order valence-corrected chi connectivity index (χ4v) is 5.77. The van der Waals surface area contributed by atoms with Crippen molar-refractivity contribution in [1.29, 1.82) is 0 Å². The van der Waals surface area contributed by atoms with Gasteiger partial charge in [0.15, 0.2) is 11.5 Å². The maximum atomic E-state index is 14.3. The molecule has 2 unspecified atom stereocenters. The lowest BCUT2D eigenvalue weighted by Gasteiger charge is -2.77. The molecule has 2 aliphatic rings. The number of benzene rings is 1. The minimum atomic E-state index is -2.99. The van der Waals surface area contributed by atoms with Crippen molar-refractivity contribution in [1.82, 2.24) is 4.90 Å². The summed E-state index contributed by atoms with van der Waals surface area (Å²) in [6.45, 7) is -0.00328. The van der Waals surface area contributed by atoms with Crippen LogP contribution in [0, 0.1) is 0 Å². The first kappa shape index (κ1) is 34.0. The summed E-state index contributed by atoms with van der Waals surface area (Å²) in [5.74, 6) is -1.10. The Bertz CT molecular complexity index is 1170. The van der Waals surface area contributed by atoms with Crippen LogP contribution in [0.15, 0.2) is 12.1 Å².